The molecule has 0 atom stereocenters. The van der Waals surface area contributed by atoms with Gasteiger partial charge >= 0.3 is 0 Å². The van der Waals surface area contributed by atoms with Crippen molar-refractivity contribution in [2.24, 2.45) is 12.8 Å². The molecule has 0 unspecified atom stereocenters. The van der Waals surface area contributed by atoms with Gasteiger partial charge in [0.1, 0.15) is 5.82 Å². The van der Waals surface area contributed by atoms with Crippen LogP contribution < -0.4 is 16.8 Å². The van der Waals surface area contributed by atoms with E-state index in [9.17, 15) is 9.18 Å². The summed E-state index contributed by atoms with van der Waals surface area (Å²) in [5.41, 5.74) is 12.8. The van der Waals surface area contributed by atoms with E-state index < -0.39 is 11.7 Å². The Hall–Kier alpha value is -3.23. The number of primary amides is 1. The molecule has 0 aliphatic rings. The van der Waals surface area contributed by atoms with E-state index in [4.69, 9.17) is 11.5 Å². The van der Waals surface area contributed by atoms with Crippen molar-refractivity contribution in [2.75, 3.05) is 11.1 Å². The number of carbonyl (C=O) groups is 1. The maximum absolute atomic E-state index is 13.5. The second kappa shape index (κ2) is 5.76. The number of nitrogen functional groups attached to an aromatic ring is 1. The lowest BCUT2D eigenvalue weighted by atomic mass is 10.2. The van der Waals surface area contributed by atoms with E-state index in [-0.39, 0.29) is 17.2 Å². The minimum absolute atomic E-state index is 0.0736. The molecule has 3 aromatic rings. The predicted molar refractivity (Wildman–Crippen MR) is 88.3 cm³/mol. The molecule has 0 aromatic carbocycles. The van der Waals surface area contributed by atoms with Crippen molar-refractivity contribution in [3.05, 3.63) is 35.4 Å². The number of pyridine rings is 2. The molecule has 0 saturated carbocycles. The Labute approximate surface area is 136 Å². The summed E-state index contributed by atoms with van der Waals surface area (Å²) in [6.45, 7) is 2.00. The highest BCUT2D eigenvalue weighted by Gasteiger charge is 2.16. The summed E-state index contributed by atoms with van der Waals surface area (Å²) in [4.78, 5) is 19.7. The van der Waals surface area contributed by atoms with Gasteiger partial charge in [0, 0.05) is 12.4 Å². The van der Waals surface area contributed by atoms with Crippen LogP contribution in [0.3, 0.4) is 0 Å². The first-order chi connectivity index (χ1) is 11.4. The van der Waals surface area contributed by atoms with Gasteiger partial charge in [-0.15, -0.1) is 0 Å². The largest absolute Gasteiger partial charge is 0.381 e. The molecule has 0 aliphatic heterocycles. The fourth-order valence-electron chi connectivity index (χ4n) is 2.46. The van der Waals surface area contributed by atoms with Crippen molar-refractivity contribution < 1.29 is 9.18 Å². The van der Waals surface area contributed by atoms with Crippen LogP contribution in [-0.2, 0) is 13.5 Å². The Balaban J connectivity index is 2.07. The van der Waals surface area contributed by atoms with Crippen molar-refractivity contribution in [2.45, 2.75) is 13.3 Å². The molecule has 5 N–H and O–H groups in total. The topological polar surface area (TPSA) is 125 Å². The maximum atomic E-state index is 13.5. The normalized spacial score (nSPS) is 11.0. The molecule has 0 fully saturated rings. The van der Waals surface area contributed by atoms with Crippen LogP contribution in [0.2, 0.25) is 0 Å². The Morgan fingerprint density at radius 3 is 2.83 bits per heavy atom. The summed E-state index contributed by atoms with van der Waals surface area (Å²) in [5, 5.41) is 8.19. The minimum Gasteiger partial charge on any atom is -0.381 e. The molecule has 0 aliphatic carbocycles. The van der Waals surface area contributed by atoms with Crippen LogP contribution in [0.5, 0.6) is 0 Å². The zero-order valence-electron chi connectivity index (χ0n) is 13.2. The Morgan fingerprint density at radius 1 is 1.42 bits per heavy atom. The maximum Gasteiger partial charge on any atom is 0.252 e. The zero-order chi connectivity index (χ0) is 17.4. The molecule has 3 aromatic heterocycles. The number of anilines is 3. The van der Waals surface area contributed by atoms with Gasteiger partial charge in [0.15, 0.2) is 17.3 Å². The van der Waals surface area contributed by atoms with Crippen LogP contribution in [0.1, 0.15) is 23.0 Å². The van der Waals surface area contributed by atoms with Gasteiger partial charge in [0.2, 0.25) is 0 Å². The van der Waals surface area contributed by atoms with Crippen LogP contribution in [0.25, 0.3) is 11.0 Å². The van der Waals surface area contributed by atoms with E-state index in [2.05, 4.69) is 20.4 Å². The van der Waals surface area contributed by atoms with E-state index in [1.165, 1.54) is 0 Å². The third-order valence-corrected chi connectivity index (χ3v) is 3.62. The summed E-state index contributed by atoms with van der Waals surface area (Å²) in [6, 6.07) is 2.79. The van der Waals surface area contributed by atoms with Gasteiger partial charge < -0.3 is 16.8 Å². The summed E-state index contributed by atoms with van der Waals surface area (Å²) in [5.74, 6) is -1.87. The average Bonchev–Trinajstić information content (AvgIpc) is 2.86. The molecule has 0 bridgehead atoms. The van der Waals surface area contributed by atoms with Gasteiger partial charge in [-0.3, -0.25) is 9.48 Å². The van der Waals surface area contributed by atoms with Gasteiger partial charge in [0.25, 0.3) is 5.91 Å². The van der Waals surface area contributed by atoms with Gasteiger partial charge in [0.05, 0.1) is 23.1 Å². The predicted octanol–water partition coefficient (Wildman–Crippen LogP) is 1.49. The van der Waals surface area contributed by atoms with Gasteiger partial charge in [-0.05, 0) is 18.6 Å². The van der Waals surface area contributed by atoms with E-state index >= 15 is 0 Å². The van der Waals surface area contributed by atoms with Crippen molar-refractivity contribution >= 4 is 34.3 Å². The monoisotopic (exact) mass is 329 g/mol. The fraction of sp³-hybridized carbons (Fsp3) is 0.200. The molecular formula is C15H16FN7O. The number of nitrogens with two attached hydrogens (primary N) is 2. The van der Waals surface area contributed by atoms with Crippen molar-refractivity contribution in [1.82, 2.24) is 19.7 Å². The SMILES string of the molecule is CCc1nn(C)c2ncc(Nc3nc(N)c(F)cc3C(N)=O)cc12. The van der Waals surface area contributed by atoms with Gasteiger partial charge in [-0.2, -0.15) is 5.10 Å². The summed E-state index contributed by atoms with van der Waals surface area (Å²) in [6.07, 6.45) is 2.31. The number of carbonyl (C=O) groups excluding carboxylic acids is 1. The minimum atomic E-state index is -0.812. The highest BCUT2D eigenvalue weighted by Crippen LogP contribution is 2.25. The Morgan fingerprint density at radius 2 is 2.17 bits per heavy atom. The number of hydrogen-bond donors (Lipinski definition) is 3. The lowest BCUT2D eigenvalue weighted by Crippen LogP contribution is -2.16. The summed E-state index contributed by atoms with van der Waals surface area (Å²) >= 11 is 0. The molecule has 8 nitrogen and oxygen atoms in total. The third-order valence-electron chi connectivity index (χ3n) is 3.62. The Kier molecular flexibility index (Phi) is 3.76. The van der Waals surface area contributed by atoms with Crippen molar-refractivity contribution in [1.29, 1.82) is 0 Å². The number of halogens is 1. The number of nitrogens with zero attached hydrogens (tertiary/aromatic N) is 4. The highest BCUT2D eigenvalue weighted by atomic mass is 19.1. The van der Waals surface area contributed by atoms with E-state index in [0.29, 0.717) is 5.69 Å². The fourth-order valence-corrected chi connectivity index (χ4v) is 2.46. The molecule has 0 radical (unpaired) electrons. The summed E-state index contributed by atoms with van der Waals surface area (Å²) < 4.78 is 15.2. The molecule has 124 valence electrons. The number of hydrogen-bond acceptors (Lipinski definition) is 6. The van der Waals surface area contributed by atoms with E-state index in [1.807, 2.05) is 20.0 Å². The Bertz CT molecular complexity index is 951. The van der Waals surface area contributed by atoms with Crippen LogP contribution in [0, 0.1) is 5.82 Å². The zero-order valence-corrected chi connectivity index (χ0v) is 13.2. The van der Waals surface area contributed by atoms with Crippen LogP contribution >= 0.6 is 0 Å². The number of rotatable bonds is 4. The molecule has 24 heavy (non-hydrogen) atoms. The van der Waals surface area contributed by atoms with Crippen molar-refractivity contribution in [3.63, 3.8) is 0 Å². The first kappa shape index (κ1) is 15.7. The lowest BCUT2D eigenvalue weighted by molar-refractivity contribution is 0.100. The molecular weight excluding hydrogens is 313 g/mol. The average molecular weight is 329 g/mol. The lowest BCUT2D eigenvalue weighted by Gasteiger charge is -2.10. The third kappa shape index (κ3) is 2.60. The number of amides is 1. The molecule has 9 heteroatoms. The quantitative estimate of drug-likeness (QED) is 0.666. The molecule has 0 spiro atoms. The number of aryl methyl sites for hydroxylation is 2. The summed E-state index contributed by atoms with van der Waals surface area (Å²) in [7, 11) is 1.81. The van der Waals surface area contributed by atoms with Crippen LogP contribution in [-0.4, -0.2) is 25.7 Å². The second-order valence-corrected chi connectivity index (χ2v) is 5.26. The first-order valence-corrected chi connectivity index (χ1v) is 7.25. The molecule has 3 rings (SSSR count). The second-order valence-electron chi connectivity index (χ2n) is 5.26. The number of aromatic nitrogens is 4. The molecule has 0 saturated heterocycles. The number of fused-ring (bicyclic) bond motifs is 1. The smallest absolute Gasteiger partial charge is 0.252 e. The van der Waals surface area contributed by atoms with Crippen LogP contribution in [0.15, 0.2) is 18.3 Å². The van der Waals surface area contributed by atoms with Gasteiger partial charge in [-0.25, -0.2) is 14.4 Å². The molecule has 3 heterocycles. The van der Waals surface area contributed by atoms with E-state index in [0.717, 1.165) is 29.2 Å². The van der Waals surface area contributed by atoms with Crippen LogP contribution in [0.4, 0.5) is 21.7 Å². The van der Waals surface area contributed by atoms with Gasteiger partial charge in [-0.1, -0.05) is 6.92 Å². The standard InChI is InChI=1S/C15H16FN7O/c1-3-11-8-4-7(6-19-15(8)23(2)22-11)20-14-9(13(18)24)5-10(16)12(17)21-14/h4-6H,3H2,1-2H3,(H2,18,24)(H3,17,20,21). The van der Waals surface area contributed by atoms with E-state index in [1.54, 1.807) is 10.9 Å². The van der Waals surface area contributed by atoms with Crippen molar-refractivity contribution in [3.8, 4) is 0 Å². The first-order valence-electron chi connectivity index (χ1n) is 7.25. The highest BCUT2D eigenvalue weighted by molar-refractivity contribution is 5.98. The number of nitrogens with one attached hydrogen (secondary N) is 1. The molecule has 1 amide bonds.